The molecule has 0 aliphatic heterocycles. The van der Waals surface area contributed by atoms with Crippen LogP contribution in [0.25, 0.3) is 0 Å². The Morgan fingerprint density at radius 2 is 1.95 bits per heavy atom. The lowest BCUT2D eigenvalue weighted by molar-refractivity contribution is -0.137. The molecular formula is C18H29ClN2O. The minimum atomic E-state index is -0.299. The van der Waals surface area contributed by atoms with Gasteiger partial charge in [-0.25, -0.2) is 0 Å². The van der Waals surface area contributed by atoms with Crippen molar-refractivity contribution < 1.29 is 4.79 Å². The number of rotatable bonds is 5. The van der Waals surface area contributed by atoms with Crippen molar-refractivity contribution in [3.63, 3.8) is 0 Å². The second-order valence-corrected chi connectivity index (χ2v) is 6.34. The number of likely N-dealkylation sites (N-methyl/N-ethyl adjacent to an activating group) is 2. The molecule has 3 nitrogen and oxygen atoms in total. The van der Waals surface area contributed by atoms with Crippen molar-refractivity contribution in [1.82, 2.24) is 10.2 Å². The Morgan fingerprint density at radius 3 is 2.55 bits per heavy atom. The first-order valence-electron chi connectivity index (χ1n) is 8.07. The molecule has 0 atom stereocenters. The molecule has 0 heterocycles. The zero-order valence-electron chi connectivity index (χ0n) is 14.0. The fraction of sp³-hybridized carbons (Fsp3) is 0.611. The smallest absolute Gasteiger partial charge is 0.233 e. The predicted molar refractivity (Wildman–Crippen MR) is 94.8 cm³/mol. The van der Waals surface area contributed by atoms with Gasteiger partial charge in [-0.3, -0.25) is 4.79 Å². The standard InChI is InChI=1S/C18H28N2O.ClH/c1-15-8-7-9-16(14-15)18(10-5-4-6-11-18)17(21)20(3)13-12-19-2;/h7-9,14,19H,4-6,10-13H2,1-3H3;1H. The average molecular weight is 325 g/mol. The summed E-state index contributed by atoms with van der Waals surface area (Å²) in [7, 11) is 3.86. The Hall–Kier alpha value is -1.06. The third kappa shape index (κ3) is 4.02. The van der Waals surface area contributed by atoms with Crippen LogP contribution >= 0.6 is 12.4 Å². The third-order valence-corrected chi connectivity index (χ3v) is 4.73. The van der Waals surface area contributed by atoms with Crippen LogP contribution < -0.4 is 5.32 Å². The summed E-state index contributed by atoms with van der Waals surface area (Å²) >= 11 is 0. The molecule has 124 valence electrons. The Labute approximate surface area is 140 Å². The van der Waals surface area contributed by atoms with E-state index in [9.17, 15) is 4.79 Å². The number of benzene rings is 1. The zero-order valence-corrected chi connectivity index (χ0v) is 14.8. The number of hydrogen-bond acceptors (Lipinski definition) is 2. The van der Waals surface area contributed by atoms with Crippen LogP contribution in [0.2, 0.25) is 0 Å². The van der Waals surface area contributed by atoms with Crippen LogP contribution in [0.1, 0.15) is 43.2 Å². The second-order valence-electron chi connectivity index (χ2n) is 6.34. The Bertz CT molecular complexity index is 484. The molecule has 1 aliphatic rings. The predicted octanol–water partition coefficient (Wildman–Crippen LogP) is 3.30. The SMILES string of the molecule is CNCCN(C)C(=O)C1(c2cccc(C)c2)CCCCC1.Cl. The van der Waals surface area contributed by atoms with Crippen molar-refractivity contribution in [2.45, 2.75) is 44.4 Å². The highest BCUT2D eigenvalue weighted by molar-refractivity contribution is 5.88. The van der Waals surface area contributed by atoms with Gasteiger partial charge in [0, 0.05) is 20.1 Å². The lowest BCUT2D eigenvalue weighted by Crippen LogP contribution is -2.48. The zero-order chi connectivity index (χ0) is 15.3. The van der Waals surface area contributed by atoms with Crippen LogP contribution in [0.5, 0.6) is 0 Å². The van der Waals surface area contributed by atoms with Gasteiger partial charge in [0.15, 0.2) is 0 Å². The molecule has 0 radical (unpaired) electrons. The maximum Gasteiger partial charge on any atom is 0.233 e. The molecule has 1 fully saturated rings. The van der Waals surface area contributed by atoms with E-state index in [1.54, 1.807) is 0 Å². The van der Waals surface area contributed by atoms with Gasteiger partial charge in [0.2, 0.25) is 5.91 Å². The van der Waals surface area contributed by atoms with Gasteiger partial charge in [0.05, 0.1) is 5.41 Å². The molecule has 1 aliphatic carbocycles. The lowest BCUT2D eigenvalue weighted by atomic mass is 9.68. The number of carbonyl (C=O) groups is 1. The van der Waals surface area contributed by atoms with E-state index in [1.807, 2.05) is 19.0 Å². The monoisotopic (exact) mass is 324 g/mol. The van der Waals surface area contributed by atoms with Gasteiger partial charge < -0.3 is 10.2 Å². The highest BCUT2D eigenvalue weighted by Crippen LogP contribution is 2.41. The first-order chi connectivity index (χ1) is 10.1. The Morgan fingerprint density at radius 1 is 1.27 bits per heavy atom. The van der Waals surface area contributed by atoms with Gasteiger partial charge in [0.25, 0.3) is 0 Å². The molecular weight excluding hydrogens is 296 g/mol. The highest BCUT2D eigenvalue weighted by atomic mass is 35.5. The van der Waals surface area contributed by atoms with E-state index in [2.05, 4.69) is 36.5 Å². The number of aryl methyl sites for hydroxylation is 1. The van der Waals surface area contributed by atoms with Gasteiger partial charge in [-0.2, -0.15) is 0 Å². The minimum Gasteiger partial charge on any atom is -0.344 e. The van der Waals surface area contributed by atoms with Crippen molar-refractivity contribution in [3.8, 4) is 0 Å². The van der Waals surface area contributed by atoms with Crippen LogP contribution in [0.4, 0.5) is 0 Å². The van der Waals surface area contributed by atoms with Gasteiger partial charge in [-0.15, -0.1) is 12.4 Å². The number of halogens is 1. The van der Waals surface area contributed by atoms with Crippen LogP contribution in [-0.2, 0) is 10.2 Å². The van der Waals surface area contributed by atoms with Crippen molar-refractivity contribution in [2.24, 2.45) is 0 Å². The first kappa shape index (κ1) is 19.0. The molecule has 1 aromatic carbocycles. The summed E-state index contributed by atoms with van der Waals surface area (Å²) in [5.41, 5.74) is 2.15. The van der Waals surface area contributed by atoms with Gasteiger partial charge in [0.1, 0.15) is 0 Å². The van der Waals surface area contributed by atoms with E-state index < -0.39 is 0 Å². The Balaban J connectivity index is 0.00000242. The third-order valence-electron chi connectivity index (χ3n) is 4.73. The average Bonchev–Trinajstić information content (AvgIpc) is 2.52. The van der Waals surface area contributed by atoms with Gasteiger partial charge in [-0.05, 0) is 32.4 Å². The van der Waals surface area contributed by atoms with Crippen LogP contribution in [0.3, 0.4) is 0 Å². The molecule has 1 saturated carbocycles. The summed E-state index contributed by atoms with van der Waals surface area (Å²) in [6.45, 7) is 3.71. The first-order valence-corrected chi connectivity index (χ1v) is 8.07. The fourth-order valence-corrected chi connectivity index (χ4v) is 3.47. The number of nitrogens with zero attached hydrogens (tertiary/aromatic N) is 1. The summed E-state index contributed by atoms with van der Waals surface area (Å²) < 4.78 is 0. The molecule has 1 N–H and O–H groups in total. The van der Waals surface area contributed by atoms with Crippen LogP contribution in [-0.4, -0.2) is 38.0 Å². The van der Waals surface area contributed by atoms with Crippen molar-refractivity contribution in [1.29, 1.82) is 0 Å². The molecule has 1 aromatic rings. The maximum atomic E-state index is 13.1. The lowest BCUT2D eigenvalue weighted by Gasteiger charge is -2.39. The summed E-state index contributed by atoms with van der Waals surface area (Å²) in [5.74, 6) is 0.294. The molecule has 0 aromatic heterocycles. The van der Waals surface area contributed by atoms with Crippen LogP contribution in [0, 0.1) is 6.92 Å². The topological polar surface area (TPSA) is 32.3 Å². The van der Waals surface area contributed by atoms with E-state index in [-0.39, 0.29) is 17.8 Å². The van der Waals surface area contributed by atoms with Crippen molar-refractivity contribution in [2.75, 3.05) is 27.2 Å². The number of nitrogens with one attached hydrogen (secondary N) is 1. The molecule has 0 saturated heterocycles. The molecule has 0 unspecified atom stereocenters. The number of hydrogen-bond donors (Lipinski definition) is 1. The number of amides is 1. The summed E-state index contributed by atoms with van der Waals surface area (Å²) in [5, 5.41) is 3.12. The molecule has 22 heavy (non-hydrogen) atoms. The largest absolute Gasteiger partial charge is 0.344 e. The number of carbonyl (C=O) groups excluding carboxylic acids is 1. The molecule has 0 spiro atoms. The van der Waals surface area contributed by atoms with Crippen molar-refractivity contribution in [3.05, 3.63) is 35.4 Å². The van der Waals surface area contributed by atoms with E-state index in [0.717, 1.165) is 38.8 Å². The minimum absolute atomic E-state index is 0. The maximum absolute atomic E-state index is 13.1. The highest BCUT2D eigenvalue weighted by Gasteiger charge is 2.42. The summed E-state index contributed by atoms with van der Waals surface area (Å²) in [4.78, 5) is 15.0. The van der Waals surface area contributed by atoms with E-state index in [0.29, 0.717) is 5.91 Å². The van der Waals surface area contributed by atoms with Gasteiger partial charge >= 0.3 is 0 Å². The molecule has 1 amide bonds. The van der Waals surface area contributed by atoms with Crippen molar-refractivity contribution >= 4 is 18.3 Å². The molecule has 0 bridgehead atoms. The van der Waals surface area contributed by atoms with E-state index >= 15 is 0 Å². The van der Waals surface area contributed by atoms with Gasteiger partial charge in [-0.1, -0.05) is 49.1 Å². The van der Waals surface area contributed by atoms with Crippen LogP contribution in [0.15, 0.2) is 24.3 Å². The second kappa shape index (κ2) is 8.54. The summed E-state index contributed by atoms with van der Waals surface area (Å²) in [6.07, 6.45) is 5.53. The fourth-order valence-electron chi connectivity index (χ4n) is 3.47. The Kier molecular flexibility index (Phi) is 7.37. The summed E-state index contributed by atoms with van der Waals surface area (Å²) in [6, 6.07) is 8.54. The molecule has 2 rings (SSSR count). The molecule has 4 heteroatoms. The quantitative estimate of drug-likeness (QED) is 0.901. The van der Waals surface area contributed by atoms with E-state index in [1.165, 1.54) is 17.5 Å². The van der Waals surface area contributed by atoms with E-state index in [4.69, 9.17) is 0 Å². The normalized spacial score (nSPS) is 16.7.